The average Bonchev–Trinajstić information content (AvgIpc) is 2.60. The summed E-state index contributed by atoms with van der Waals surface area (Å²) in [5, 5.41) is 8.61. The Morgan fingerprint density at radius 3 is 2.20 bits per heavy atom. The van der Waals surface area contributed by atoms with Crippen molar-refractivity contribution in [2.24, 2.45) is 0 Å². The van der Waals surface area contributed by atoms with Crippen LogP contribution in [0.5, 0.6) is 0 Å². The first-order valence-corrected chi connectivity index (χ1v) is 3.82. The molecule has 0 radical (unpaired) electrons. The maximum Gasteiger partial charge on any atom is 0.407 e. The van der Waals surface area contributed by atoms with Gasteiger partial charge in [0, 0.05) is 0 Å². The van der Waals surface area contributed by atoms with Crippen LogP contribution in [0.2, 0.25) is 0 Å². The van der Waals surface area contributed by atoms with Crippen molar-refractivity contribution >= 4 is 6.09 Å². The first kappa shape index (κ1) is 6.01. The summed E-state index contributed by atoms with van der Waals surface area (Å²) < 4.78 is 0. The van der Waals surface area contributed by atoms with Gasteiger partial charge in [-0.3, -0.25) is 4.90 Å². The van der Waals surface area contributed by atoms with Gasteiger partial charge in [-0.2, -0.15) is 0 Å². The lowest BCUT2D eigenvalue weighted by molar-refractivity contribution is 0.174. The number of nitrogens with zero attached hydrogens (tertiary/aromatic N) is 1. The summed E-state index contributed by atoms with van der Waals surface area (Å²) in [6.45, 7) is 0. The first-order valence-electron chi connectivity index (χ1n) is 3.82. The predicted molar refractivity (Wildman–Crippen MR) is 35.9 cm³/mol. The Labute approximate surface area is 59.6 Å². The van der Waals surface area contributed by atoms with Gasteiger partial charge in [0.2, 0.25) is 0 Å². The fourth-order valence-corrected chi connectivity index (χ4v) is 1.99. The van der Waals surface area contributed by atoms with Gasteiger partial charge in [0.25, 0.3) is 0 Å². The summed E-state index contributed by atoms with van der Waals surface area (Å²) in [7, 11) is 0. The van der Waals surface area contributed by atoms with Crippen molar-refractivity contribution in [2.45, 2.75) is 37.8 Å². The Kier molecular flexibility index (Phi) is 1.13. The molecule has 10 heavy (non-hydrogen) atoms. The van der Waals surface area contributed by atoms with E-state index in [1.807, 2.05) is 0 Å². The molecule has 3 nitrogen and oxygen atoms in total. The fourth-order valence-electron chi connectivity index (χ4n) is 1.99. The van der Waals surface area contributed by atoms with Crippen molar-refractivity contribution in [1.82, 2.24) is 4.90 Å². The van der Waals surface area contributed by atoms with Crippen LogP contribution in [0.3, 0.4) is 0 Å². The Balaban J connectivity index is 1.99. The number of fused-ring (bicyclic) bond motifs is 1. The topological polar surface area (TPSA) is 40.3 Å². The number of likely N-dealkylation sites (tertiary alicyclic amines) is 1. The summed E-state index contributed by atoms with van der Waals surface area (Å²) >= 11 is 0. The van der Waals surface area contributed by atoms with Crippen molar-refractivity contribution in [1.29, 1.82) is 0 Å². The van der Waals surface area contributed by atoms with Crippen LogP contribution in [0.4, 0.5) is 4.79 Å². The molecule has 0 aromatic rings. The van der Waals surface area contributed by atoms with Gasteiger partial charge in [-0.15, -0.1) is 0 Å². The van der Waals surface area contributed by atoms with E-state index in [0.29, 0.717) is 12.1 Å². The van der Waals surface area contributed by atoms with Gasteiger partial charge in [-0.25, -0.2) is 4.79 Å². The molecule has 1 aliphatic heterocycles. The molecule has 1 heterocycles. The first-order chi connectivity index (χ1) is 4.80. The van der Waals surface area contributed by atoms with Crippen molar-refractivity contribution < 1.29 is 9.90 Å². The monoisotopic (exact) mass is 141 g/mol. The van der Waals surface area contributed by atoms with Gasteiger partial charge < -0.3 is 5.11 Å². The smallest absolute Gasteiger partial charge is 0.407 e. The lowest BCUT2D eigenvalue weighted by atomic mass is 10.0. The van der Waals surface area contributed by atoms with E-state index in [9.17, 15) is 4.79 Å². The second-order valence-corrected chi connectivity index (χ2v) is 3.11. The van der Waals surface area contributed by atoms with Crippen molar-refractivity contribution in [3.05, 3.63) is 0 Å². The van der Waals surface area contributed by atoms with Gasteiger partial charge >= 0.3 is 6.09 Å². The quantitative estimate of drug-likeness (QED) is 0.516. The number of carboxylic acid groups (broad SMARTS) is 1. The Morgan fingerprint density at radius 2 is 1.80 bits per heavy atom. The van der Waals surface area contributed by atoms with E-state index in [-0.39, 0.29) is 0 Å². The number of hydrogen-bond donors (Lipinski definition) is 1. The van der Waals surface area contributed by atoms with E-state index in [2.05, 4.69) is 0 Å². The number of amides is 1. The van der Waals surface area contributed by atoms with Gasteiger partial charge in [0.15, 0.2) is 0 Å². The third-order valence-corrected chi connectivity index (χ3v) is 2.54. The van der Waals surface area contributed by atoms with E-state index in [1.165, 1.54) is 12.8 Å². The minimum absolute atomic E-state index is 0.395. The molecule has 1 aliphatic carbocycles. The highest BCUT2D eigenvalue weighted by molar-refractivity contribution is 5.69. The van der Waals surface area contributed by atoms with Crippen molar-refractivity contribution in [2.75, 3.05) is 0 Å². The largest absolute Gasteiger partial charge is 0.465 e. The Bertz CT molecular complexity index is 157. The molecule has 2 rings (SSSR count). The molecular weight excluding hydrogens is 130 g/mol. The van der Waals surface area contributed by atoms with Gasteiger partial charge in [-0.05, 0) is 12.8 Å². The van der Waals surface area contributed by atoms with E-state index in [1.54, 1.807) is 4.90 Å². The predicted octanol–water partition coefficient (Wildman–Crippen LogP) is 1.29. The molecular formula is C7H11NO2. The minimum Gasteiger partial charge on any atom is -0.465 e. The maximum atomic E-state index is 10.5. The van der Waals surface area contributed by atoms with Crippen LogP contribution in [0.25, 0.3) is 0 Å². The zero-order valence-electron chi connectivity index (χ0n) is 5.79. The van der Waals surface area contributed by atoms with E-state index in [0.717, 1.165) is 12.8 Å². The average molecular weight is 141 g/mol. The van der Waals surface area contributed by atoms with Crippen molar-refractivity contribution in [3.63, 3.8) is 0 Å². The van der Waals surface area contributed by atoms with Crippen LogP contribution in [0.15, 0.2) is 0 Å². The van der Waals surface area contributed by atoms with E-state index in [4.69, 9.17) is 5.11 Å². The normalized spacial score (nSPS) is 37.0. The lowest BCUT2D eigenvalue weighted by Crippen LogP contribution is -2.09. The molecule has 2 unspecified atom stereocenters. The molecule has 2 atom stereocenters. The minimum atomic E-state index is -0.725. The van der Waals surface area contributed by atoms with Crippen LogP contribution >= 0.6 is 0 Å². The highest BCUT2D eigenvalue weighted by Crippen LogP contribution is 2.39. The van der Waals surface area contributed by atoms with Crippen LogP contribution in [-0.4, -0.2) is 28.2 Å². The molecule has 0 aromatic carbocycles. The van der Waals surface area contributed by atoms with E-state index >= 15 is 0 Å². The molecule has 0 aromatic heterocycles. The third kappa shape index (κ3) is 0.696. The van der Waals surface area contributed by atoms with Gasteiger partial charge in [0.1, 0.15) is 0 Å². The summed E-state index contributed by atoms with van der Waals surface area (Å²) in [6.07, 6.45) is 3.89. The summed E-state index contributed by atoms with van der Waals surface area (Å²) in [5.41, 5.74) is 0. The third-order valence-electron chi connectivity index (χ3n) is 2.54. The van der Waals surface area contributed by atoms with E-state index < -0.39 is 6.09 Å². The molecule has 0 bridgehead atoms. The highest BCUT2D eigenvalue weighted by Gasteiger charge is 2.51. The summed E-state index contributed by atoms with van der Waals surface area (Å²) in [6, 6.07) is 0.789. The molecule has 56 valence electrons. The van der Waals surface area contributed by atoms with Crippen LogP contribution in [0, 0.1) is 0 Å². The van der Waals surface area contributed by atoms with Crippen LogP contribution < -0.4 is 0 Å². The van der Waals surface area contributed by atoms with Crippen molar-refractivity contribution in [3.8, 4) is 0 Å². The molecule has 3 heteroatoms. The number of rotatable bonds is 0. The van der Waals surface area contributed by atoms with Crippen LogP contribution in [-0.2, 0) is 0 Å². The van der Waals surface area contributed by atoms with Gasteiger partial charge in [-0.1, -0.05) is 12.8 Å². The highest BCUT2D eigenvalue weighted by atomic mass is 16.4. The molecule has 1 saturated carbocycles. The fraction of sp³-hybridized carbons (Fsp3) is 0.857. The van der Waals surface area contributed by atoms with Gasteiger partial charge in [0.05, 0.1) is 12.1 Å². The Hall–Kier alpha value is -0.730. The zero-order chi connectivity index (χ0) is 7.14. The second kappa shape index (κ2) is 1.87. The number of carbonyl (C=O) groups is 1. The molecule has 1 saturated heterocycles. The maximum absolute atomic E-state index is 10.5. The summed E-state index contributed by atoms with van der Waals surface area (Å²) in [5.74, 6) is 0. The summed E-state index contributed by atoms with van der Waals surface area (Å²) in [4.78, 5) is 12.0. The lowest BCUT2D eigenvalue weighted by Gasteiger charge is -2.01. The molecule has 0 spiro atoms. The molecule has 1 amide bonds. The molecule has 1 N–H and O–H groups in total. The zero-order valence-corrected chi connectivity index (χ0v) is 5.79. The SMILES string of the molecule is O=C(O)N1C2CCCCC21. The van der Waals surface area contributed by atoms with Crippen LogP contribution in [0.1, 0.15) is 25.7 Å². The standard InChI is InChI=1S/C7H11NO2/c9-7(10)8-5-3-1-2-4-6(5)8/h5-6H,1-4H2,(H,9,10). The Morgan fingerprint density at radius 1 is 1.30 bits per heavy atom. The second-order valence-electron chi connectivity index (χ2n) is 3.11. The number of hydrogen-bond acceptors (Lipinski definition) is 1. The molecule has 2 aliphatic rings. The molecule has 2 fully saturated rings.